The molecule has 1 aliphatic heterocycles. The highest BCUT2D eigenvalue weighted by Gasteiger charge is 2.24. The number of carbonyl (C=O) groups is 1. The van der Waals surface area contributed by atoms with Gasteiger partial charge >= 0.3 is 0 Å². The summed E-state index contributed by atoms with van der Waals surface area (Å²) in [7, 11) is 0. The van der Waals surface area contributed by atoms with Crippen molar-refractivity contribution in [3.8, 4) is 5.69 Å². The largest absolute Gasteiger partial charge is 0.352 e. The van der Waals surface area contributed by atoms with E-state index in [0.29, 0.717) is 6.42 Å². The van der Waals surface area contributed by atoms with Crippen LogP contribution in [-0.2, 0) is 4.79 Å². The van der Waals surface area contributed by atoms with Gasteiger partial charge in [-0.2, -0.15) is 5.10 Å². The Balaban J connectivity index is 1.72. The number of benzene rings is 1. The number of anilines is 1. The smallest absolute Gasteiger partial charge is 0.222 e. The zero-order valence-corrected chi connectivity index (χ0v) is 16.9. The van der Waals surface area contributed by atoms with Crippen LogP contribution < -0.4 is 4.90 Å². The molecule has 0 aliphatic carbocycles. The van der Waals surface area contributed by atoms with Crippen molar-refractivity contribution >= 4 is 22.8 Å². The summed E-state index contributed by atoms with van der Waals surface area (Å²) < 4.78 is 1.90. The lowest BCUT2D eigenvalue weighted by Crippen LogP contribution is -2.49. The number of aryl methyl sites for hydroxylation is 3. The van der Waals surface area contributed by atoms with E-state index >= 15 is 0 Å². The molecule has 0 radical (unpaired) electrons. The highest BCUT2D eigenvalue weighted by molar-refractivity contribution is 5.88. The molecule has 7 heteroatoms. The second kappa shape index (κ2) is 7.22. The lowest BCUT2D eigenvalue weighted by molar-refractivity contribution is -0.131. The first-order valence-corrected chi connectivity index (χ1v) is 9.80. The number of amides is 1. The van der Waals surface area contributed by atoms with Crippen LogP contribution in [0.5, 0.6) is 0 Å². The molecule has 4 rings (SSSR count). The lowest BCUT2D eigenvalue weighted by Gasteiger charge is -2.35. The normalized spacial score (nSPS) is 14.7. The third kappa shape index (κ3) is 3.21. The third-order valence-electron chi connectivity index (χ3n) is 5.33. The van der Waals surface area contributed by atoms with Crippen LogP contribution in [0.3, 0.4) is 0 Å². The van der Waals surface area contributed by atoms with Gasteiger partial charge in [0.25, 0.3) is 0 Å². The van der Waals surface area contributed by atoms with E-state index in [1.54, 1.807) is 0 Å². The maximum Gasteiger partial charge on any atom is 0.222 e. The third-order valence-corrected chi connectivity index (χ3v) is 5.33. The molecule has 0 N–H and O–H groups in total. The molecule has 1 fully saturated rings. The number of piperazine rings is 1. The van der Waals surface area contributed by atoms with Crippen molar-refractivity contribution in [3.05, 3.63) is 41.3 Å². The summed E-state index contributed by atoms with van der Waals surface area (Å²) in [6.07, 6.45) is 2.41. The Bertz CT molecular complexity index is 1030. The summed E-state index contributed by atoms with van der Waals surface area (Å²) in [5, 5.41) is 5.58. The Kier molecular flexibility index (Phi) is 4.75. The van der Waals surface area contributed by atoms with E-state index in [1.165, 1.54) is 5.56 Å². The Morgan fingerprint density at radius 2 is 1.82 bits per heavy atom. The van der Waals surface area contributed by atoms with E-state index in [2.05, 4.69) is 47.0 Å². The monoisotopic (exact) mass is 378 g/mol. The molecule has 3 aromatic rings. The molecule has 2 aromatic heterocycles. The topological polar surface area (TPSA) is 67.2 Å². The average molecular weight is 378 g/mol. The van der Waals surface area contributed by atoms with Gasteiger partial charge in [0.1, 0.15) is 11.6 Å². The molecular weight excluding hydrogens is 352 g/mol. The SMILES string of the molecule is CCC(=O)N1CCN(c2nc(C)nc3c2cnn3-c2ccc(C)cc2C)CC1. The standard InChI is InChI=1S/C21H26N6O/c1-5-19(28)25-8-10-26(11-9-25)20-17-13-22-27(21(17)24-16(4)23-20)18-7-6-14(2)12-15(18)3/h6-7,12-13H,5,8-11H2,1-4H3. The number of fused-ring (bicyclic) bond motifs is 1. The maximum atomic E-state index is 12.0. The summed E-state index contributed by atoms with van der Waals surface area (Å²) >= 11 is 0. The fraction of sp³-hybridized carbons (Fsp3) is 0.429. The number of hydrogen-bond acceptors (Lipinski definition) is 5. The fourth-order valence-corrected chi connectivity index (χ4v) is 3.85. The van der Waals surface area contributed by atoms with Crippen molar-refractivity contribution in [1.29, 1.82) is 0 Å². The van der Waals surface area contributed by atoms with Crippen molar-refractivity contribution in [2.75, 3.05) is 31.1 Å². The van der Waals surface area contributed by atoms with E-state index < -0.39 is 0 Å². The molecule has 0 bridgehead atoms. The highest BCUT2D eigenvalue weighted by atomic mass is 16.2. The molecule has 146 valence electrons. The molecule has 1 amide bonds. The maximum absolute atomic E-state index is 12.0. The molecule has 28 heavy (non-hydrogen) atoms. The van der Waals surface area contributed by atoms with Gasteiger partial charge in [0.15, 0.2) is 5.65 Å². The summed E-state index contributed by atoms with van der Waals surface area (Å²) in [5.41, 5.74) is 4.24. The summed E-state index contributed by atoms with van der Waals surface area (Å²) in [6.45, 7) is 11.0. The van der Waals surface area contributed by atoms with E-state index in [1.807, 2.05) is 29.6 Å². The molecule has 1 aliphatic rings. The molecule has 1 aromatic carbocycles. The van der Waals surface area contributed by atoms with Crippen LogP contribution in [-0.4, -0.2) is 56.7 Å². The first kappa shape index (κ1) is 18.4. The van der Waals surface area contributed by atoms with Crippen LogP contribution in [0.25, 0.3) is 16.7 Å². The van der Waals surface area contributed by atoms with E-state index in [9.17, 15) is 4.79 Å². The van der Waals surface area contributed by atoms with Gasteiger partial charge in [-0.1, -0.05) is 24.6 Å². The molecule has 0 saturated carbocycles. The Morgan fingerprint density at radius 1 is 1.07 bits per heavy atom. The number of aromatic nitrogens is 4. The van der Waals surface area contributed by atoms with Crippen LogP contribution in [0.2, 0.25) is 0 Å². The van der Waals surface area contributed by atoms with Gasteiger partial charge in [0, 0.05) is 32.6 Å². The Hall–Kier alpha value is -2.96. The summed E-state index contributed by atoms with van der Waals surface area (Å²) in [6, 6.07) is 6.33. The van der Waals surface area contributed by atoms with Gasteiger partial charge in [-0.15, -0.1) is 0 Å². The van der Waals surface area contributed by atoms with Crippen molar-refractivity contribution in [3.63, 3.8) is 0 Å². The predicted octanol–water partition coefficient (Wildman–Crippen LogP) is 2.80. The van der Waals surface area contributed by atoms with Gasteiger partial charge in [0.2, 0.25) is 5.91 Å². The van der Waals surface area contributed by atoms with Crippen LogP contribution in [0, 0.1) is 20.8 Å². The zero-order valence-electron chi connectivity index (χ0n) is 16.9. The summed E-state index contributed by atoms with van der Waals surface area (Å²) in [5.74, 6) is 1.84. The quantitative estimate of drug-likeness (QED) is 0.701. The minimum Gasteiger partial charge on any atom is -0.352 e. The molecule has 0 atom stereocenters. The Morgan fingerprint density at radius 3 is 2.50 bits per heavy atom. The molecule has 1 saturated heterocycles. The van der Waals surface area contributed by atoms with Crippen LogP contribution in [0.1, 0.15) is 30.3 Å². The number of nitrogens with zero attached hydrogens (tertiary/aromatic N) is 6. The highest BCUT2D eigenvalue weighted by Crippen LogP contribution is 2.27. The van der Waals surface area contributed by atoms with Crippen molar-refractivity contribution < 1.29 is 4.79 Å². The molecule has 3 heterocycles. The van der Waals surface area contributed by atoms with Crippen LogP contribution in [0.4, 0.5) is 5.82 Å². The average Bonchev–Trinajstić information content (AvgIpc) is 3.10. The number of hydrogen-bond donors (Lipinski definition) is 0. The van der Waals surface area contributed by atoms with Crippen LogP contribution in [0.15, 0.2) is 24.4 Å². The van der Waals surface area contributed by atoms with Gasteiger partial charge in [-0.05, 0) is 32.4 Å². The molecular formula is C21H26N6O. The van der Waals surface area contributed by atoms with Crippen molar-refractivity contribution in [2.24, 2.45) is 0 Å². The molecule has 0 spiro atoms. The first-order chi connectivity index (χ1) is 13.5. The van der Waals surface area contributed by atoms with E-state index in [-0.39, 0.29) is 5.91 Å². The van der Waals surface area contributed by atoms with Gasteiger partial charge in [-0.3, -0.25) is 4.79 Å². The van der Waals surface area contributed by atoms with E-state index in [0.717, 1.165) is 60.1 Å². The van der Waals surface area contributed by atoms with Crippen molar-refractivity contribution in [1.82, 2.24) is 24.6 Å². The molecule has 0 unspecified atom stereocenters. The van der Waals surface area contributed by atoms with Crippen molar-refractivity contribution in [2.45, 2.75) is 34.1 Å². The van der Waals surface area contributed by atoms with Gasteiger partial charge in [-0.25, -0.2) is 14.6 Å². The van der Waals surface area contributed by atoms with Crippen LogP contribution >= 0.6 is 0 Å². The first-order valence-electron chi connectivity index (χ1n) is 9.80. The fourth-order valence-electron chi connectivity index (χ4n) is 3.85. The van der Waals surface area contributed by atoms with E-state index in [4.69, 9.17) is 4.98 Å². The number of carbonyl (C=O) groups excluding carboxylic acids is 1. The second-order valence-corrected chi connectivity index (χ2v) is 7.40. The van der Waals surface area contributed by atoms with Gasteiger partial charge < -0.3 is 9.80 Å². The molecule has 7 nitrogen and oxygen atoms in total. The van der Waals surface area contributed by atoms with Gasteiger partial charge in [0.05, 0.1) is 17.3 Å². The second-order valence-electron chi connectivity index (χ2n) is 7.40. The minimum absolute atomic E-state index is 0.214. The summed E-state index contributed by atoms with van der Waals surface area (Å²) in [4.78, 5) is 25.5. The zero-order chi connectivity index (χ0) is 19.8. The number of rotatable bonds is 3. The minimum atomic E-state index is 0.214. The lowest BCUT2D eigenvalue weighted by atomic mass is 10.1. The predicted molar refractivity (Wildman–Crippen MR) is 110 cm³/mol. The Labute approximate surface area is 165 Å².